The molecule has 0 aliphatic rings. The van der Waals surface area contributed by atoms with Gasteiger partial charge in [-0.15, -0.1) is 11.8 Å². The van der Waals surface area contributed by atoms with Gasteiger partial charge in [0.15, 0.2) is 0 Å². The molecule has 1 amide bonds. The summed E-state index contributed by atoms with van der Waals surface area (Å²) in [5.74, 6) is 1.53. The van der Waals surface area contributed by atoms with E-state index in [1.165, 1.54) is 17.3 Å². The fourth-order valence-corrected chi connectivity index (χ4v) is 2.90. The molecule has 3 nitrogen and oxygen atoms in total. The molecule has 2 aromatic rings. The van der Waals surface area contributed by atoms with E-state index in [9.17, 15) is 4.79 Å². The van der Waals surface area contributed by atoms with Crippen LogP contribution in [-0.4, -0.2) is 18.8 Å². The number of carbonyl (C=O) groups excluding carboxylic acids is 1. The first-order valence-corrected chi connectivity index (χ1v) is 8.65. The van der Waals surface area contributed by atoms with Gasteiger partial charge in [-0.2, -0.15) is 0 Å². The second-order valence-corrected chi connectivity index (χ2v) is 6.81. The van der Waals surface area contributed by atoms with Gasteiger partial charge in [0.1, 0.15) is 5.75 Å². The number of hydrogen-bond acceptors (Lipinski definition) is 3. The molecule has 2 rings (SSSR count). The van der Waals surface area contributed by atoms with E-state index < -0.39 is 0 Å². The highest BCUT2D eigenvalue weighted by Gasteiger charge is 2.09. The molecule has 0 saturated carbocycles. The highest BCUT2D eigenvalue weighted by atomic mass is 32.2. The van der Waals surface area contributed by atoms with Gasteiger partial charge in [0.05, 0.1) is 18.6 Å². The Balaban J connectivity index is 1.94. The summed E-state index contributed by atoms with van der Waals surface area (Å²) in [6.45, 7) is 6.33. The summed E-state index contributed by atoms with van der Waals surface area (Å²) in [5.41, 5.74) is 3.11. The second kappa shape index (κ2) is 8.06. The first-order chi connectivity index (χ1) is 11.0. The molecule has 0 heterocycles. The van der Waals surface area contributed by atoms with E-state index in [-0.39, 0.29) is 5.91 Å². The van der Waals surface area contributed by atoms with E-state index >= 15 is 0 Å². The second-order valence-electron chi connectivity index (χ2n) is 5.76. The number of hydrogen-bond donors (Lipinski definition) is 1. The van der Waals surface area contributed by atoms with Gasteiger partial charge in [0.2, 0.25) is 5.91 Å². The van der Waals surface area contributed by atoms with E-state index in [0.29, 0.717) is 23.1 Å². The molecule has 0 aromatic heterocycles. The van der Waals surface area contributed by atoms with Crippen LogP contribution < -0.4 is 10.1 Å². The number of benzene rings is 2. The van der Waals surface area contributed by atoms with Crippen molar-refractivity contribution in [1.29, 1.82) is 0 Å². The first-order valence-electron chi connectivity index (χ1n) is 7.67. The average molecular weight is 329 g/mol. The number of carbonyl (C=O) groups is 1. The summed E-state index contributed by atoms with van der Waals surface area (Å²) >= 11 is 1.53. The Kier molecular flexibility index (Phi) is 6.11. The lowest BCUT2D eigenvalue weighted by atomic mass is 10.0. The van der Waals surface area contributed by atoms with Crippen LogP contribution in [-0.2, 0) is 4.79 Å². The van der Waals surface area contributed by atoms with E-state index in [1.54, 1.807) is 7.11 Å². The molecule has 0 unspecified atom stereocenters. The molecule has 0 bridgehead atoms. The zero-order valence-corrected chi connectivity index (χ0v) is 14.9. The van der Waals surface area contributed by atoms with Crippen molar-refractivity contribution in [3.8, 4) is 5.75 Å². The summed E-state index contributed by atoms with van der Waals surface area (Å²) in [6.07, 6.45) is 0. The van der Waals surface area contributed by atoms with Crippen molar-refractivity contribution in [1.82, 2.24) is 0 Å². The molecule has 122 valence electrons. The van der Waals surface area contributed by atoms with E-state index in [4.69, 9.17) is 4.74 Å². The predicted molar refractivity (Wildman–Crippen MR) is 97.6 cm³/mol. The molecule has 23 heavy (non-hydrogen) atoms. The van der Waals surface area contributed by atoms with Gasteiger partial charge >= 0.3 is 0 Å². The standard InChI is InChI=1S/C19H23NO2S/c1-13(2)15-6-8-16(9-7-15)23-12-19(21)20-17-11-14(3)5-10-18(17)22-4/h5-11,13H,12H2,1-4H3,(H,20,21). The molecule has 0 spiro atoms. The van der Waals surface area contributed by atoms with Crippen LogP contribution in [0.2, 0.25) is 0 Å². The monoisotopic (exact) mass is 329 g/mol. The molecule has 0 aliphatic heterocycles. The van der Waals surface area contributed by atoms with Crippen LogP contribution in [0.1, 0.15) is 30.9 Å². The van der Waals surface area contributed by atoms with Crippen molar-refractivity contribution in [2.45, 2.75) is 31.6 Å². The fraction of sp³-hybridized carbons (Fsp3) is 0.316. The van der Waals surface area contributed by atoms with Crippen LogP contribution >= 0.6 is 11.8 Å². The Labute approximate surface area is 142 Å². The third kappa shape index (κ3) is 5.03. The summed E-state index contributed by atoms with van der Waals surface area (Å²) in [4.78, 5) is 13.3. The van der Waals surface area contributed by atoms with Crippen molar-refractivity contribution in [3.63, 3.8) is 0 Å². The quantitative estimate of drug-likeness (QED) is 0.769. The molecule has 0 saturated heterocycles. The average Bonchev–Trinajstić information content (AvgIpc) is 2.53. The first kappa shape index (κ1) is 17.4. The topological polar surface area (TPSA) is 38.3 Å². The third-order valence-electron chi connectivity index (χ3n) is 3.55. The summed E-state index contributed by atoms with van der Waals surface area (Å²) in [7, 11) is 1.60. The maximum Gasteiger partial charge on any atom is 0.234 e. The van der Waals surface area contributed by atoms with E-state index in [2.05, 4.69) is 43.4 Å². The molecule has 0 radical (unpaired) electrons. The van der Waals surface area contributed by atoms with Gasteiger partial charge in [-0.25, -0.2) is 0 Å². The molecular formula is C19H23NO2S. The third-order valence-corrected chi connectivity index (χ3v) is 4.56. The minimum Gasteiger partial charge on any atom is -0.495 e. The van der Waals surface area contributed by atoms with Crippen LogP contribution in [0.3, 0.4) is 0 Å². The molecule has 0 atom stereocenters. The summed E-state index contributed by atoms with van der Waals surface area (Å²) in [5, 5.41) is 2.92. The zero-order chi connectivity index (χ0) is 16.8. The summed E-state index contributed by atoms with van der Waals surface area (Å²) in [6, 6.07) is 14.1. The van der Waals surface area contributed by atoms with E-state index in [1.807, 2.05) is 25.1 Å². The molecule has 4 heteroatoms. The lowest BCUT2D eigenvalue weighted by molar-refractivity contribution is -0.113. The predicted octanol–water partition coefficient (Wildman–Crippen LogP) is 4.86. The number of aryl methyl sites for hydroxylation is 1. The van der Waals surface area contributed by atoms with Crippen LogP contribution in [0, 0.1) is 6.92 Å². The van der Waals surface area contributed by atoms with Crippen molar-refractivity contribution >= 4 is 23.4 Å². The highest BCUT2D eigenvalue weighted by Crippen LogP contribution is 2.26. The SMILES string of the molecule is COc1ccc(C)cc1NC(=O)CSc1ccc(C(C)C)cc1. The Bertz CT molecular complexity index is 666. The lowest BCUT2D eigenvalue weighted by Gasteiger charge is -2.11. The van der Waals surface area contributed by atoms with Crippen LogP contribution in [0.5, 0.6) is 5.75 Å². The largest absolute Gasteiger partial charge is 0.495 e. The van der Waals surface area contributed by atoms with Gasteiger partial charge in [-0.3, -0.25) is 4.79 Å². The van der Waals surface area contributed by atoms with Crippen molar-refractivity contribution in [2.75, 3.05) is 18.2 Å². The Morgan fingerprint density at radius 3 is 2.48 bits per heavy atom. The van der Waals surface area contributed by atoms with Crippen molar-refractivity contribution < 1.29 is 9.53 Å². The summed E-state index contributed by atoms with van der Waals surface area (Å²) < 4.78 is 5.28. The number of amides is 1. The lowest BCUT2D eigenvalue weighted by Crippen LogP contribution is -2.14. The Morgan fingerprint density at radius 1 is 1.17 bits per heavy atom. The van der Waals surface area contributed by atoms with Crippen LogP contribution in [0.15, 0.2) is 47.4 Å². The number of methoxy groups -OCH3 is 1. The molecular weight excluding hydrogens is 306 g/mol. The molecule has 0 fully saturated rings. The number of ether oxygens (including phenoxy) is 1. The van der Waals surface area contributed by atoms with Crippen molar-refractivity contribution in [2.24, 2.45) is 0 Å². The minimum absolute atomic E-state index is 0.0353. The smallest absolute Gasteiger partial charge is 0.234 e. The number of anilines is 1. The number of rotatable bonds is 6. The highest BCUT2D eigenvalue weighted by molar-refractivity contribution is 8.00. The molecule has 2 aromatic carbocycles. The van der Waals surface area contributed by atoms with Gasteiger partial charge < -0.3 is 10.1 Å². The van der Waals surface area contributed by atoms with Gasteiger partial charge in [0, 0.05) is 4.90 Å². The van der Waals surface area contributed by atoms with Gasteiger partial charge in [-0.05, 0) is 48.2 Å². The number of thioether (sulfide) groups is 1. The Hall–Kier alpha value is -1.94. The maximum atomic E-state index is 12.2. The van der Waals surface area contributed by atoms with Gasteiger partial charge in [-0.1, -0.05) is 32.0 Å². The number of nitrogens with one attached hydrogen (secondary N) is 1. The minimum atomic E-state index is -0.0353. The fourth-order valence-electron chi connectivity index (χ4n) is 2.20. The van der Waals surface area contributed by atoms with Crippen molar-refractivity contribution in [3.05, 3.63) is 53.6 Å². The van der Waals surface area contributed by atoms with E-state index in [0.717, 1.165) is 10.5 Å². The Morgan fingerprint density at radius 2 is 1.87 bits per heavy atom. The zero-order valence-electron chi connectivity index (χ0n) is 14.1. The maximum absolute atomic E-state index is 12.2. The molecule has 0 aliphatic carbocycles. The normalized spacial score (nSPS) is 10.7. The molecule has 1 N–H and O–H groups in total. The van der Waals surface area contributed by atoms with Crippen LogP contribution in [0.4, 0.5) is 5.69 Å². The van der Waals surface area contributed by atoms with Crippen LogP contribution in [0.25, 0.3) is 0 Å². The van der Waals surface area contributed by atoms with Gasteiger partial charge in [0.25, 0.3) is 0 Å².